The number of carbonyl (C=O) groups is 1. The summed E-state index contributed by atoms with van der Waals surface area (Å²) in [6.45, 7) is 6.05. The summed E-state index contributed by atoms with van der Waals surface area (Å²) >= 11 is 0. The van der Waals surface area contributed by atoms with Gasteiger partial charge in [-0.1, -0.05) is 11.6 Å². The first-order valence-corrected chi connectivity index (χ1v) is 11.0. The number of amides is 1. The largest absolute Gasteiger partial charge is 0.340 e. The normalized spacial score (nSPS) is 14.9. The highest BCUT2D eigenvalue weighted by molar-refractivity contribution is 5.99. The molecule has 7 heteroatoms. The second-order valence-corrected chi connectivity index (χ2v) is 8.61. The van der Waals surface area contributed by atoms with Crippen LogP contribution in [0, 0.1) is 6.92 Å². The molecule has 1 aliphatic rings. The molecule has 164 valence electrons. The number of carbonyl (C=O) groups excluding carboxylic acids is 1. The van der Waals surface area contributed by atoms with Crippen LogP contribution < -0.4 is 0 Å². The maximum absolute atomic E-state index is 13.2. The Balaban J connectivity index is 1.24. The molecule has 0 radical (unpaired) electrons. The molecule has 0 atom stereocenters. The Morgan fingerprint density at radius 2 is 1.84 bits per heavy atom. The summed E-state index contributed by atoms with van der Waals surface area (Å²) in [4.78, 5) is 21.8. The van der Waals surface area contributed by atoms with Crippen LogP contribution in [0.1, 0.15) is 21.7 Å². The van der Waals surface area contributed by atoms with E-state index < -0.39 is 0 Å². The van der Waals surface area contributed by atoms with Crippen LogP contribution in [0.15, 0.2) is 54.9 Å². The Kier molecular flexibility index (Phi) is 5.27. The zero-order chi connectivity index (χ0) is 22.2. The predicted molar refractivity (Wildman–Crippen MR) is 125 cm³/mol. The van der Waals surface area contributed by atoms with Gasteiger partial charge in [-0.15, -0.1) is 0 Å². The third kappa shape index (κ3) is 3.80. The molecule has 0 unspecified atom stereocenters. The van der Waals surface area contributed by atoms with Gasteiger partial charge in [0.05, 0.1) is 11.4 Å². The molecule has 4 heterocycles. The van der Waals surface area contributed by atoms with E-state index in [1.807, 2.05) is 52.6 Å². The van der Waals surface area contributed by atoms with Gasteiger partial charge in [-0.05, 0) is 43.3 Å². The number of piperazine rings is 1. The van der Waals surface area contributed by atoms with E-state index in [1.54, 1.807) is 6.20 Å². The molecule has 3 aromatic heterocycles. The number of hydrogen-bond acceptors (Lipinski definition) is 4. The number of aryl methyl sites for hydroxylation is 3. The quantitative estimate of drug-likeness (QED) is 0.501. The molecule has 4 aromatic rings. The molecule has 1 amide bonds. The highest BCUT2D eigenvalue weighted by Crippen LogP contribution is 2.22. The standard InChI is InChI=1S/C25H28N6O/c1-18-6-7-23-20(13-18)14-24(28(23)2)25(32)31-11-9-30(10-12-31)17-21-15-22(27-29(21)3)19-5-4-8-26-16-19/h4-8,13-16H,9-12,17H2,1-3H3. The average molecular weight is 429 g/mol. The summed E-state index contributed by atoms with van der Waals surface area (Å²) in [7, 11) is 3.96. The fraction of sp³-hybridized carbons (Fsp3) is 0.320. The lowest BCUT2D eigenvalue weighted by Gasteiger charge is -2.34. The van der Waals surface area contributed by atoms with E-state index in [2.05, 4.69) is 46.2 Å². The van der Waals surface area contributed by atoms with Crippen LogP contribution in [0.5, 0.6) is 0 Å². The number of fused-ring (bicyclic) bond motifs is 1. The minimum atomic E-state index is 0.111. The smallest absolute Gasteiger partial charge is 0.270 e. The number of benzene rings is 1. The molecule has 7 nitrogen and oxygen atoms in total. The van der Waals surface area contributed by atoms with Crippen molar-refractivity contribution in [2.24, 2.45) is 14.1 Å². The van der Waals surface area contributed by atoms with Crippen LogP contribution in [0.3, 0.4) is 0 Å². The number of hydrogen-bond donors (Lipinski definition) is 0. The number of aromatic nitrogens is 4. The Morgan fingerprint density at radius 3 is 2.59 bits per heavy atom. The monoisotopic (exact) mass is 428 g/mol. The van der Waals surface area contributed by atoms with Crippen molar-refractivity contribution < 1.29 is 4.79 Å². The van der Waals surface area contributed by atoms with E-state index in [1.165, 1.54) is 5.56 Å². The molecule has 0 saturated carbocycles. The summed E-state index contributed by atoms with van der Waals surface area (Å²) in [5.41, 5.74) is 6.18. The van der Waals surface area contributed by atoms with Gasteiger partial charge in [0.1, 0.15) is 5.69 Å². The molecule has 32 heavy (non-hydrogen) atoms. The van der Waals surface area contributed by atoms with E-state index in [0.29, 0.717) is 0 Å². The zero-order valence-electron chi connectivity index (χ0n) is 18.8. The summed E-state index contributed by atoms with van der Waals surface area (Å²) in [5, 5.41) is 5.77. The Labute approximate surface area is 187 Å². The third-order valence-corrected chi connectivity index (χ3v) is 6.40. The van der Waals surface area contributed by atoms with Crippen molar-refractivity contribution in [3.63, 3.8) is 0 Å². The van der Waals surface area contributed by atoms with Gasteiger partial charge in [-0.3, -0.25) is 19.4 Å². The SMILES string of the molecule is Cc1ccc2c(c1)cc(C(=O)N1CCN(Cc3cc(-c4cccnc4)nn3C)CC1)n2C. The van der Waals surface area contributed by atoms with Crippen molar-refractivity contribution in [1.29, 1.82) is 0 Å². The van der Waals surface area contributed by atoms with E-state index in [-0.39, 0.29) is 5.91 Å². The fourth-order valence-corrected chi connectivity index (χ4v) is 4.48. The van der Waals surface area contributed by atoms with E-state index in [9.17, 15) is 4.79 Å². The van der Waals surface area contributed by atoms with Gasteiger partial charge in [-0.25, -0.2) is 0 Å². The second kappa shape index (κ2) is 8.24. The molecule has 0 aliphatic carbocycles. The lowest BCUT2D eigenvalue weighted by atomic mass is 10.2. The first-order valence-electron chi connectivity index (χ1n) is 11.0. The molecule has 0 N–H and O–H groups in total. The van der Waals surface area contributed by atoms with Gasteiger partial charge < -0.3 is 9.47 Å². The molecule has 1 aliphatic heterocycles. The molecule has 5 rings (SSSR count). The maximum Gasteiger partial charge on any atom is 0.270 e. The zero-order valence-corrected chi connectivity index (χ0v) is 18.8. The number of pyridine rings is 1. The van der Waals surface area contributed by atoms with Gasteiger partial charge in [0, 0.05) is 75.7 Å². The summed E-state index contributed by atoms with van der Waals surface area (Å²) in [5.74, 6) is 0.111. The molecule has 1 saturated heterocycles. The van der Waals surface area contributed by atoms with Gasteiger partial charge in [0.25, 0.3) is 5.91 Å². The van der Waals surface area contributed by atoms with Crippen LogP contribution in [0.2, 0.25) is 0 Å². The van der Waals surface area contributed by atoms with Gasteiger partial charge in [0.15, 0.2) is 0 Å². The minimum Gasteiger partial charge on any atom is -0.340 e. The summed E-state index contributed by atoms with van der Waals surface area (Å²) in [6.07, 6.45) is 3.61. The van der Waals surface area contributed by atoms with E-state index >= 15 is 0 Å². The molecule has 1 aromatic carbocycles. The van der Waals surface area contributed by atoms with E-state index in [4.69, 9.17) is 0 Å². The summed E-state index contributed by atoms with van der Waals surface area (Å²) in [6, 6.07) is 14.4. The Bertz CT molecular complexity index is 1260. The van der Waals surface area contributed by atoms with Crippen molar-refractivity contribution in [1.82, 2.24) is 29.1 Å². The minimum absolute atomic E-state index is 0.111. The van der Waals surface area contributed by atoms with Crippen LogP contribution in [0.25, 0.3) is 22.2 Å². The average Bonchev–Trinajstić information content (AvgIpc) is 3.33. The third-order valence-electron chi connectivity index (χ3n) is 6.40. The molecule has 0 bridgehead atoms. The van der Waals surface area contributed by atoms with Crippen molar-refractivity contribution in [3.05, 3.63) is 71.8 Å². The van der Waals surface area contributed by atoms with Crippen molar-refractivity contribution in [2.75, 3.05) is 26.2 Å². The number of rotatable bonds is 4. The van der Waals surface area contributed by atoms with Gasteiger partial charge >= 0.3 is 0 Å². The molecule has 1 fully saturated rings. The van der Waals surface area contributed by atoms with Crippen molar-refractivity contribution in [3.8, 4) is 11.3 Å². The topological polar surface area (TPSA) is 59.2 Å². The van der Waals surface area contributed by atoms with Crippen LogP contribution in [0.4, 0.5) is 0 Å². The fourth-order valence-electron chi connectivity index (χ4n) is 4.48. The van der Waals surface area contributed by atoms with Crippen molar-refractivity contribution in [2.45, 2.75) is 13.5 Å². The van der Waals surface area contributed by atoms with Crippen LogP contribution in [-0.4, -0.2) is 61.2 Å². The van der Waals surface area contributed by atoms with Crippen molar-refractivity contribution >= 4 is 16.8 Å². The molecular weight excluding hydrogens is 400 g/mol. The van der Waals surface area contributed by atoms with E-state index in [0.717, 1.165) is 66.3 Å². The second-order valence-electron chi connectivity index (χ2n) is 8.61. The molecular formula is C25H28N6O. The predicted octanol–water partition coefficient (Wildman–Crippen LogP) is 3.24. The lowest BCUT2D eigenvalue weighted by Crippen LogP contribution is -2.48. The van der Waals surface area contributed by atoms with Crippen LogP contribution in [-0.2, 0) is 20.6 Å². The first kappa shape index (κ1) is 20.5. The summed E-state index contributed by atoms with van der Waals surface area (Å²) < 4.78 is 3.95. The lowest BCUT2D eigenvalue weighted by molar-refractivity contribution is 0.0616. The molecule has 0 spiro atoms. The Morgan fingerprint density at radius 1 is 1.03 bits per heavy atom. The highest BCUT2D eigenvalue weighted by atomic mass is 16.2. The van der Waals surface area contributed by atoms with Crippen LogP contribution >= 0.6 is 0 Å². The maximum atomic E-state index is 13.2. The van der Waals surface area contributed by atoms with Gasteiger partial charge in [0.2, 0.25) is 0 Å². The first-order chi connectivity index (χ1) is 15.5. The highest BCUT2D eigenvalue weighted by Gasteiger charge is 2.25. The van der Waals surface area contributed by atoms with Gasteiger partial charge in [-0.2, -0.15) is 5.10 Å². The Hall–Kier alpha value is -3.45. The number of nitrogens with zero attached hydrogens (tertiary/aromatic N) is 6.